The van der Waals surface area contributed by atoms with E-state index in [1.165, 1.54) is 19.3 Å². The first kappa shape index (κ1) is 16.9. The summed E-state index contributed by atoms with van der Waals surface area (Å²) in [7, 11) is -0.994. The summed E-state index contributed by atoms with van der Waals surface area (Å²) in [6.07, 6.45) is 9.65. The van der Waals surface area contributed by atoms with Gasteiger partial charge < -0.3 is 10.1 Å². The van der Waals surface area contributed by atoms with Crippen molar-refractivity contribution in [3.8, 4) is 0 Å². The Morgan fingerprint density at radius 1 is 1.14 bits per heavy atom. The van der Waals surface area contributed by atoms with Crippen molar-refractivity contribution in [2.45, 2.75) is 69.6 Å². The topological polar surface area (TPSA) is 55.4 Å². The number of nitrogens with one attached hydrogen (secondary N) is 1. The summed E-state index contributed by atoms with van der Waals surface area (Å²) in [4.78, 5) is 11.8. The zero-order valence-electron chi connectivity index (χ0n) is 13.1. The Morgan fingerprint density at radius 3 is 2.52 bits per heavy atom. The highest BCUT2D eigenvalue weighted by Crippen LogP contribution is 2.26. The quantitative estimate of drug-likeness (QED) is 0.734. The molecule has 0 bridgehead atoms. The second-order valence-corrected chi connectivity index (χ2v) is 8.17. The van der Waals surface area contributed by atoms with Gasteiger partial charge in [-0.25, -0.2) is 0 Å². The molecule has 1 amide bonds. The zero-order valence-corrected chi connectivity index (χ0v) is 14.0. The maximum Gasteiger partial charge on any atom is 0.232 e. The third kappa shape index (κ3) is 5.70. The van der Waals surface area contributed by atoms with E-state index in [1.54, 1.807) is 0 Å². The molecule has 2 saturated carbocycles. The van der Waals surface area contributed by atoms with Gasteiger partial charge in [-0.1, -0.05) is 32.6 Å². The Balaban J connectivity index is 1.55. The van der Waals surface area contributed by atoms with Crippen LogP contribution >= 0.6 is 0 Å². The van der Waals surface area contributed by atoms with Crippen molar-refractivity contribution in [1.29, 1.82) is 0 Å². The van der Waals surface area contributed by atoms with Crippen LogP contribution in [-0.4, -0.2) is 40.4 Å². The molecule has 3 unspecified atom stereocenters. The number of ether oxygens (including phenoxy) is 1. The summed E-state index contributed by atoms with van der Waals surface area (Å²) in [6.45, 7) is 3.34. The molecule has 0 heterocycles. The van der Waals surface area contributed by atoms with E-state index in [0.717, 1.165) is 32.1 Å². The smallest absolute Gasteiger partial charge is 0.232 e. The molecular weight excluding hydrogens is 286 g/mol. The molecule has 0 aromatic rings. The molecule has 0 aromatic carbocycles. The van der Waals surface area contributed by atoms with E-state index in [-0.39, 0.29) is 16.9 Å². The fourth-order valence-corrected chi connectivity index (χ4v) is 4.84. The number of carbonyl (C=O) groups is 1. The van der Waals surface area contributed by atoms with Gasteiger partial charge in [0.05, 0.1) is 12.7 Å². The van der Waals surface area contributed by atoms with E-state index in [4.69, 9.17) is 4.74 Å². The minimum Gasteiger partial charge on any atom is -0.376 e. The molecule has 0 aromatic heterocycles. The van der Waals surface area contributed by atoms with Gasteiger partial charge in [0, 0.05) is 22.6 Å². The Morgan fingerprint density at radius 2 is 1.81 bits per heavy atom. The third-order valence-corrected chi connectivity index (χ3v) is 6.50. The van der Waals surface area contributed by atoms with Crippen LogP contribution in [0.4, 0.5) is 0 Å². The van der Waals surface area contributed by atoms with Crippen LogP contribution in [0.2, 0.25) is 0 Å². The zero-order chi connectivity index (χ0) is 15.1. The normalized spacial score (nSPS) is 28.4. The summed E-state index contributed by atoms with van der Waals surface area (Å²) in [5.41, 5.74) is 0. The first-order valence-corrected chi connectivity index (χ1v) is 9.80. The van der Waals surface area contributed by atoms with Crippen LogP contribution in [-0.2, 0) is 20.3 Å². The van der Waals surface area contributed by atoms with Gasteiger partial charge in [0.1, 0.15) is 5.75 Å². The summed E-state index contributed by atoms with van der Waals surface area (Å²) in [5.74, 6) is 0.690. The SMILES string of the molecule is CC1CCCCC1OCCNC(=O)CS(=O)C1CCCC1. The molecule has 5 heteroatoms. The highest BCUT2D eigenvalue weighted by atomic mass is 32.2. The van der Waals surface area contributed by atoms with Crippen molar-refractivity contribution in [3.05, 3.63) is 0 Å². The fourth-order valence-electron chi connectivity index (χ4n) is 3.38. The first-order chi connectivity index (χ1) is 10.2. The van der Waals surface area contributed by atoms with Gasteiger partial charge in [-0.15, -0.1) is 0 Å². The summed E-state index contributed by atoms with van der Waals surface area (Å²) in [5, 5.41) is 3.08. The average molecular weight is 315 g/mol. The Kier molecular flexibility index (Phi) is 7.17. The molecule has 0 saturated heterocycles. The van der Waals surface area contributed by atoms with Crippen LogP contribution in [0.5, 0.6) is 0 Å². The minimum absolute atomic E-state index is 0.0967. The number of carbonyl (C=O) groups excluding carboxylic acids is 1. The summed E-state index contributed by atoms with van der Waals surface area (Å²) < 4.78 is 17.9. The highest BCUT2D eigenvalue weighted by molar-refractivity contribution is 7.86. The van der Waals surface area contributed by atoms with Crippen LogP contribution in [0.15, 0.2) is 0 Å². The molecule has 0 radical (unpaired) electrons. The predicted octanol–water partition coefficient (Wildman–Crippen LogP) is 2.39. The predicted molar refractivity (Wildman–Crippen MR) is 85.6 cm³/mol. The molecule has 2 fully saturated rings. The first-order valence-electron chi connectivity index (χ1n) is 8.42. The molecular formula is C16H29NO3S. The highest BCUT2D eigenvalue weighted by Gasteiger charge is 2.23. The van der Waals surface area contributed by atoms with Crippen LogP contribution in [0.1, 0.15) is 58.3 Å². The molecule has 1 N–H and O–H groups in total. The molecule has 4 nitrogen and oxygen atoms in total. The number of hydrogen-bond donors (Lipinski definition) is 1. The third-order valence-electron chi connectivity index (χ3n) is 4.74. The van der Waals surface area contributed by atoms with Crippen LogP contribution < -0.4 is 5.32 Å². The van der Waals surface area contributed by atoms with Gasteiger partial charge in [-0.2, -0.15) is 0 Å². The molecule has 122 valence electrons. The van der Waals surface area contributed by atoms with Crippen molar-refractivity contribution in [2.75, 3.05) is 18.9 Å². The van der Waals surface area contributed by atoms with Crippen molar-refractivity contribution >= 4 is 16.7 Å². The van der Waals surface area contributed by atoms with E-state index in [0.29, 0.717) is 25.2 Å². The van der Waals surface area contributed by atoms with E-state index in [1.807, 2.05) is 0 Å². The molecule has 21 heavy (non-hydrogen) atoms. The largest absolute Gasteiger partial charge is 0.376 e. The number of rotatable bonds is 7. The Labute approximate surface area is 130 Å². The molecule has 0 spiro atoms. The average Bonchev–Trinajstić information content (AvgIpc) is 2.99. The maximum atomic E-state index is 12.0. The van der Waals surface area contributed by atoms with Gasteiger partial charge in [-0.05, 0) is 31.6 Å². The lowest BCUT2D eigenvalue weighted by molar-refractivity contribution is -0.119. The van der Waals surface area contributed by atoms with Crippen LogP contribution in [0, 0.1) is 5.92 Å². The second-order valence-electron chi connectivity index (χ2n) is 6.45. The molecule has 0 aliphatic heterocycles. The maximum absolute atomic E-state index is 12.0. The Bertz CT molecular complexity index is 355. The number of amides is 1. The summed E-state index contributed by atoms with van der Waals surface area (Å²) >= 11 is 0. The van der Waals surface area contributed by atoms with Crippen molar-refractivity contribution in [3.63, 3.8) is 0 Å². The van der Waals surface area contributed by atoms with Gasteiger partial charge >= 0.3 is 0 Å². The van der Waals surface area contributed by atoms with Gasteiger partial charge in [-0.3, -0.25) is 9.00 Å². The van der Waals surface area contributed by atoms with Gasteiger partial charge in [0.2, 0.25) is 5.91 Å². The molecule has 2 rings (SSSR count). The van der Waals surface area contributed by atoms with E-state index >= 15 is 0 Å². The lowest BCUT2D eigenvalue weighted by atomic mass is 9.88. The van der Waals surface area contributed by atoms with E-state index in [2.05, 4.69) is 12.2 Å². The van der Waals surface area contributed by atoms with Crippen molar-refractivity contribution in [2.24, 2.45) is 5.92 Å². The molecule has 2 aliphatic carbocycles. The summed E-state index contributed by atoms with van der Waals surface area (Å²) in [6, 6.07) is 0. The minimum atomic E-state index is -0.994. The van der Waals surface area contributed by atoms with Crippen LogP contribution in [0.25, 0.3) is 0 Å². The van der Waals surface area contributed by atoms with E-state index in [9.17, 15) is 9.00 Å². The van der Waals surface area contributed by atoms with Crippen molar-refractivity contribution in [1.82, 2.24) is 5.32 Å². The van der Waals surface area contributed by atoms with Gasteiger partial charge in [0.15, 0.2) is 0 Å². The van der Waals surface area contributed by atoms with Gasteiger partial charge in [0.25, 0.3) is 0 Å². The number of hydrogen-bond acceptors (Lipinski definition) is 3. The van der Waals surface area contributed by atoms with Crippen LogP contribution in [0.3, 0.4) is 0 Å². The monoisotopic (exact) mass is 315 g/mol. The lowest BCUT2D eigenvalue weighted by Gasteiger charge is -2.28. The lowest BCUT2D eigenvalue weighted by Crippen LogP contribution is -2.35. The fraction of sp³-hybridized carbons (Fsp3) is 0.938. The molecule has 2 aliphatic rings. The standard InChI is InChI=1S/C16H29NO3S/c1-13-6-2-5-9-15(13)20-11-10-17-16(18)12-21(19)14-7-3-4-8-14/h13-15H,2-12H2,1H3,(H,17,18). The van der Waals surface area contributed by atoms with E-state index < -0.39 is 10.8 Å². The second kappa shape index (κ2) is 8.89. The van der Waals surface area contributed by atoms with Crippen molar-refractivity contribution < 1.29 is 13.7 Å². The molecule has 3 atom stereocenters. The Hall–Kier alpha value is -0.420.